The molecule has 0 bridgehead atoms. The molecular formula is C12H29N5. The highest BCUT2D eigenvalue weighted by Crippen LogP contribution is 1.92. The van der Waals surface area contributed by atoms with Crippen LogP contribution in [0.5, 0.6) is 0 Å². The van der Waals surface area contributed by atoms with Crippen molar-refractivity contribution in [3.63, 3.8) is 0 Å². The first kappa shape index (κ1) is 14.9. The van der Waals surface area contributed by atoms with E-state index in [9.17, 15) is 0 Å². The third kappa shape index (κ3) is 7.68. The van der Waals surface area contributed by atoms with Crippen LogP contribution < -0.4 is 21.3 Å². The fourth-order valence-electron chi connectivity index (χ4n) is 1.85. The summed E-state index contributed by atoms with van der Waals surface area (Å²) >= 11 is 0. The van der Waals surface area contributed by atoms with Crippen LogP contribution in [0.25, 0.3) is 0 Å². The van der Waals surface area contributed by atoms with Crippen molar-refractivity contribution in [2.24, 2.45) is 0 Å². The molecule has 1 heterocycles. The summed E-state index contributed by atoms with van der Waals surface area (Å²) < 4.78 is 0. The van der Waals surface area contributed by atoms with E-state index in [0.29, 0.717) is 6.04 Å². The minimum atomic E-state index is 0.597. The highest BCUT2D eigenvalue weighted by Gasteiger charge is 2.07. The monoisotopic (exact) mass is 243 g/mol. The Balaban J connectivity index is 2.21. The predicted molar refractivity (Wildman–Crippen MR) is 73.6 cm³/mol. The Labute approximate surface area is 106 Å². The second kappa shape index (κ2) is 9.79. The van der Waals surface area contributed by atoms with Gasteiger partial charge in [0.1, 0.15) is 0 Å². The Morgan fingerprint density at radius 2 is 1.24 bits per heavy atom. The van der Waals surface area contributed by atoms with E-state index in [2.05, 4.69) is 40.1 Å². The Hall–Kier alpha value is -0.200. The summed E-state index contributed by atoms with van der Waals surface area (Å²) in [6.45, 7) is 11.8. The fourth-order valence-corrected chi connectivity index (χ4v) is 1.85. The quantitative estimate of drug-likeness (QED) is 0.425. The SMILES string of the molecule is C[C@H]1CNCCNCCNCCNCCN1C. The molecule has 0 aromatic rings. The molecule has 0 aromatic heterocycles. The number of hydrogen-bond donors (Lipinski definition) is 4. The maximum Gasteiger partial charge on any atom is 0.0189 e. The molecule has 5 heteroatoms. The molecule has 1 saturated heterocycles. The normalized spacial score (nSPS) is 28.2. The van der Waals surface area contributed by atoms with Gasteiger partial charge in [0, 0.05) is 64.9 Å². The molecule has 0 spiro atoms. The number of nitrogens with zero attached hydrogens (tertiary/aromatic N) is 1. The van der Waals surface area contributed by atoms with Crippen LogP contribution in [0.1, 0.15) is 6.92 Å². The predicted octanol–water partition coefficient (Wildman–Crippen LogP) is -1.32. The van der Waals surface area contributed by atoms with Gasteiger partial charge in [-0.25, -0.2) is 0 Å². The topological polar surface area (TPSA) is 51.4 Å². The van der Waals surface area contributed by atoms with Crippen molar-refractivity contribution in [3.05, 3.63) is 0 Å². The lowest BCUT2D eigenvalue weighted by atomic mass is 10.3. The number of likely N-dealkylation sites (N-methyl/N-ethyl adjacent to an activating group) is 1. The van der Waals surface area contributed by atoms with Gasteiger partial charge >= 0.3 is 0 Å². The molecule has 0 aliphatic carbocycles. The average molecular weight is 243 g/mol. The number of rotatable bonds is 0. The molecule has 102 valence electrons. The Morgan fingerprint density at radius 3 is 1.82 bits per heavy atom. The van der Waals surface area contributed by atoms with Crippen molar-refractivity contribution in [1.82, 2.24) is 26.2 Å². The van der Waals surface area contributed by atoms with Gasteiger partial charge in [-0.15, -0.1) is 0 Å². The van der Waals surface area contributed by atoms with Gasteiger partial charge < -0.3 is 26.2 Å². The van der Waals surface area contributed by atoms with Crippen molar-refractivity contribution < 1.29 is 0 Å². The maximum absolute atomic E-state index is 3.49. The molecule has 0 aromatic carbocycles. The van der Waals surface area contributed by atoms with Gasteiger partial charge in [-0.2, -0.15) is 0 Å². The molecule has 1 rings (SSSR count). The first-order chi connectivity index (χ1) is 8.30. The fraction of sp³-hybridized carbons (Fsp3) is 1.00. The molecule has 1 aliphatic heterocycles. The Kier molecular flexibility index (Phi) is 8.56. The molecule has 17 heavy (non-hydrogen) atoms. The number of nitrogens with one attached hydrogen (secondary N) is 4. The maximum atomic E-state index is 3.49. The second-order valence-corrected chi connectivity index (χ2v) is 4.78. The van der Waals surface area contributed by atoms with Crippen molar-refractivity contribution in [2.45, 2.75) is 13.0 Å². The lowest BCUT2D eigenvalue weighted by molar-refractivity contribution is 0.251. The summed E-state index contributed by atoms with van der Waals surface area (Å²) in [6, 6.07) is 0.597. The number of hydrogen-bond acceptors (Lipinski definition) is 5. The molecular weight excluding hydrogens is 214 g/mol. The first-order valence-corrected chi connectivity index (χ1v) is 6.84. The summed E-state index contributed by atoms with van der Waals surface area (Å²) in [4.78, 5) is 2.40. The zero-order chi connectivity index (χ0) is 12.3. The molecule has 1 aliphatic rings. The molecule has 0 saturated carbocycles. The average Bonchev–Trinajstić information content (AvgIpc) is 2.34. The first-order valence-electron chi connectivity index (χ1n) is 6.84. The van der Waals surface area contributed by atoms with Gasteiger partial charge in [0.15, 0.2) is 0 Å². The van der Waals surface area contributed by atoms with Crippen LogP contribution in [0.3, 0.4) is 0 Å². The molecule has 5 nitrogen and oxygen atoms in total. The van der Waals surface area contributed by atoms with Crippen molar-refractivity contribution >= 4 is 0 Å². The molecule has 1 atom stereocenters. The van der Waals surface area contributed by atoms with Gasteiger partial charge in [-0.1, -0.05) is 0 Å². The van der Waals surface area contributed by atoms with Crippen LogP contribution in [0.4, 0.5) is 0 Å². The zero-order valence-corrected chi connectivity index (χ0v) is 11.4. The van der Waals surface area contributed by atoms with Crippen LogP contribution in [0, 0.1) is 0 Å². The molecule has 0 amide bonds. The summed E-state index contributed by atoms with van der Waals surface area (Å²) in [5, 5.41) is 13.8. The minimum absolute atomic E-state index is 0.597. The van der Waals surface area contributed by atoms with E-state index < -0.39 is 0 Å². The lowest BCUT2D eigenvalue weighted by Crippen LogP contribution is -2.42. The third-order valence-electron chi connectivity index (χ3n) is 3.27. The second-order valence-electron chi connectivity index (χ2n) is 4.78. The highest BCUT2D eigenvalue weighted by molar-refractivity contribution is 4.68. The van der Waals surface area contributed by atoms with Crippen molar-refractivity contribution in [2.75, 3.05) is 66.0 Å². The van der Waals surface area contributed by atoms with Crippen LogP contribution in [0.15, 0.2) is 0 Å². The van der Waals surface area contributed by atoms with Crippen LogP contribution in [-0.4, -0.2) is 76.9 Å². The van der Waals surface area contributed by atoms with Gasteiger partial charge in [-0.05, 0) is 14.0 Å². The van der Waals surface area contributed by atoms with Gasteiger partial charge in [-0.3, -0.25) is 0 Å². The van der Waals surface area contributed by atoms with E-state index in [4.69, 9.17) is 0 Å². The van der Waals surface area contributed by atoms with E-state index in [1.54, 1.807) is 0 Å². The van der Waals surface area contributed by atoms with Crippen molar-refractivity contribution in [1.29, 1.82) is 0 Å². The molecule has 4 N–H and O–H groups in total. The molecule has 1 fully saturated rings. The summed E-state index contributed by atoms with van der Waals surface area (Å²) in [5.41, 5.74) is 0. The van der Waals surface area contributed by atoms with Gasteiger partial charge in [0.05, 0.1) is 0 Å². The van der Waals surface area contributed by atoms with E-state index in [-0.39, 0.29) is 0 Å². The molecule has 0 radical (unpaired) electrons. The Morgan fingerprint density at radius 1 is 0.765 bits per heavy atom. The summed E-state index contributed by atoms with van der Waals surface area (Å²) in [5.74, 6) is 0. The van der Waals surface area contributed by atoms with Crippen LogP contribution >= 0.6 is 0 Å². The smallest absolute Gasteiger partial charge is 0.0189 e. The summed E-state index contributed by atoms with van der Waals surface area (Å²) in [7, 11) is 2.20. The van der Waals surface area contributed by atoms with E-state index in [0.717, 1.165) is 58.9 Å². The largest absolute Gasteiger partial charge is 0.314 e. The van der Waals surface area contributed by atoms with E-state index in [1.807, 2.05) is 0 Å². The van der Waals surface area contributed by atoms with Crippen molar-refractivity contribution in [3.8, 4) is 0 Å². The Bertz CT molecular complexity index is 158. The van der Waals surface area contributed by atoms with Crippen LogP contribution in [0.2, 0.25) is 0 Å². The van der Waals surface area contributed by atoms with Crippen LogP contribution in [-0.2, 0) is 0 Å². The zero-order valence-electron chi connectivity index (χ0n) is 11.4. The standard InChI is InChI=1S/C12H29N5/c1-12-11-16-8-7-14-4-3-13-5-6-15-9-10-17(12)2/h12-16H,3-11H2,1-2H3/t12-/m0/s1. The summed E-state index contributed by atoms with van der Waals surface area (Å²) in [6.07, 6.45) is 0. The minimum Gasteiger partial charge on any atom is -0.314 e. The molecule has 0 unspecified atom stereocenters. The van der Waals surface area contributed by atoms with E-state index >= 15 is 0 Å². The third-order valence-corrected chi connectivity index (χ3v) is 3.27. The van der Waals surface area contributed by atoms with E-state index in [1.165, 1.54) is 0 Å². The highest BCUT2D eigenvalue weighted by atomic mass is 15.2. The lowest BCUT2D eigenvalue weighted by Gasteiger charge is -2.25. The van der Waals surface area contributed by atoms with Gasteiger partial charge in [0.2, 0.25) is 0 Å². The van der Waals surface area contributed by atoms with Gasteiger partial charge in [0.25, 0.3) is 0 Å².